The van der Waals surface area contributed by atoms with E-state index in [1.165, 1.54) is 0 Å². The second kappa shape index (κ2) is 11.4. The Morgan fingerprint density at radius 1 is 0.857 bits per heavy atom. The molecule has 1 unspecified atom stereocenters. The van der Waals surface area contributed by atoms with Crippen molar-refractivity contribution in [3.05, 3.63) is 71.8 Å². The molecule has 2 aromatic carbocycles. The fraction of sp³-hybridized carbons (Fsp3) is 0.286. The molecule has 0 aromatic heterocycles. The summed E-state index contributed by atoms with van der Waals surface area (Å²) in [4.78, 5) is 35.1. The summed E-state index contributed by atoms with van der Waals surface area (Å²) in [6, 6.07) is 17.3. The minimum atomic E-state index is -0.980. The zero-order valence-corrected chi connectivity index (χ0v) is 15.4. The van der Waals surface area contributed by atoms with Crippen LogP contribution in [0, 0.1) is 0 Å². The van der Waals surface area contributed by atoms with Crippen LogP contribution in [0.4, 0.5) is 4.79 Å². The van der Waals surface area contributed by atoms with E-state index < -0.39 is 24.1 Å². The molecule has 0 saturated heterocycles. The monoisotopic (exact) mass is 385 g/mol. The van der Waals surface area contributed by atoms with Gasteiger partial charge in [0, 0.05) is 6.42 Å². The second-order valence-electron chi connectivity index (χ2n) is 6.14. The van der Waals surface area contributed by atoms with Gasteiger partial charge in [0.15, 0.2) is 0 Å². The Labute approximate surface area is 163 Å². The fourth-order valence-electron chi connectivity index (χ4n) is 2.44. The highest BCUT2D eigenvalue weighted by Gasteiger charge is 2.23. The van der Waals surface area contributed by atoms with Crippen molar-refractivity contribution >= 4 is 18.0 Å². The topological polar surface area (TPSA) is 102 Å². The molecule has 2 N–H and O–H groups in total. The van der Waals surface area contributed by atoms with Crippen molar-refractivity contribution in [2.75, 3.05) is 0 Å². The SMILES string of the molecule is O=C(O)CCCC(NC(=O)OCc1ccccc1)C(=O)OCc1ccccc1. The van der Waals surface area contributed by atoms with Crippen molar-refractivity contribution < 1.29 is 29.0 Å². The van der Waals surface area contributed by atoms with E-state index in [9.17, 15) is 14.4 Å². The van der Waals surface area contributed by atoms with Crippen LogP contribution in [0.3, 0.4) is 0 Å². The van der Waals surface area contributed by atoms with Crippen molar-refractivity contribution in [2.24, 2.45) is 0 Å². The molecular weight excluding hydrogens is 362 g/mol. The first-order valence-corrected chi connectivity index (χ1v) is 8.94. The van der Waals surface area contributed by atoms with Crippen molar-refractivity contribution in [3.8, 4) is 0 Å². The molecule has 2 rings (SSSR count). The third-order valence-corrected chi connectivity index (χ3v) is 3.90. The van der Waals surface area contributed by atoms with Gasteiger partial charge >= 0.3 is 18.0 Å². The van der Waals surface area contributed by atoms with Gasteiger partial charge in [-0.3, -0.25) is 4.79 Å². The van der Waals surface area contributed by atoms with Gasteiger partial charge in [0.25, 0.3) is 0 Å². The van der Waals surface area contributed by atoms with Gasteiger partial charge in [0.2, 0.25) is 0 Å². The predicted molar refractivity (Wildman–Crippen MR) is 101 cm³/mol. The van der Waals surface area contributed by atoms with Gasteiger partial charge in [-0.25, -0.2) is 9.59 Å². The van der Waals surface area contributed by atoms with Crippen molar-refractivity contribution in [2.45, 2.75) is 38.5 Å². The third-order valence-electron chi connectivity index (χ3n) is 3.90. The van der Waals surface area contributed by atoms with Gasteiger partial charge < -0.3 is 19.9 Å². The van der Waals surface area contributed by atoms with Gasteiger partial charge in [-0.1, -0.05) is 60.7 Å². The Morgan fingerprint density at radius 2 is 1.39 bits per heavy atom. The Kier molecular flexibility index (Phi) is 8.52. The molecule has 0 saturated carbocycles. The average Bonchev–Trinajstić information content (AvgIpc) is 2.71. The number of esters is 1. The van der Waals surface area contributed by atoms with Gasteiger partial charge in [-0.2, -0.15) is 0 Å². The lowest BCUT2D eigenvalue weighted by atomic mass is 10.1. The Bertz CT molecular complexity index is 763. The highest BCUT2D eigenvalue weighted by atomic mass is 16.6. The van der Waals surface area contributed by atoms with Crippen LogP contribution in [0.2, 0.25) is 0 Å². The minimum absolute atomic E-state index is 0.0631. The van der Waals surface area contributed by atoms with Crippen LogP contribution in [0.5, 0.6) is 0 Å². The van der Waals surface area contributed by atoms with Crippen LogP contribution >= 0.6 is 0 Å². The van der Waals surface area contributed by atoms with E-state index in [-0.39, 0.29) is 32.5 Å². The summed E-state index contributed by atoms with van der Waals surface area (Å²) >= 11 is 0. The molecule has 148 valence electrons. The molecule has 0 spiro atoms. The number of hydrogen-bond donors (Lipinski definition) is 2. The number of carbonyl (C=O) groups excluding carboxylic acids is 2. The van der Waals surface area contributed by atoms with Crippen molar-refractivity contribution in [1.29, 1.82) is 0 Å². The largest absolute Gasteiger partial charge is 0.481 e. The minimum Gasteiger partial charge on any atom is -0.481 e. The molecule has 1 atom stereocenters. The number of ether oxygens (including phenoxy) is 2. The molecule has 7 nitrogen and oxygen atoms in total. The number of carboxylic acids is 1. The summed E-state index contributed by atoms with van der Waals surface area (Å²) in [6.07, 6.45) is -0.510. The first kappa shape index (κ1) is 21.0. The van der Waals surface area contributed by atoms with E-state index in [4.69, 9.17) is 14.6 Å². The summed E-state index contributed by atoms with van der Waals surface area (Å²) in [5.41, 5.74) is 1.62. The van der Waals surface area contributed by atoms with Crippen LogP contribution in [-0.4, -0.2) is 29.2 Å². The molecule has 0 fully saturated rings. The summed E-state index contributed by atoms with van der Waals surface area (Å²) < 4.78 is 10.4. The average molecular weight is 385 g/mol. The number of nitrogens with one attached hydrogen (secondary N) is 1. The van der Waals surface area contributed by atoms with Gasteiger partial charge in [0.1, 0.15) is 19.3 Å². The molecule has 1 amide bonds. The first-order chi connectivity index (χ1) is 13.5. The molecule has 0 heterocycles. The molecule has 0 bridgehead atoms. The number of amides is 1. The van der Waals surface area contributed by atoms with Gasteiger partial charge in [0.05, 0.1) is 0 Å². The third kappa shape index (κ3) is 7.90. The van der Waals surface area contributed by atoms with E-state index in [1.54, 1.807) is 0 Å². The number of hydrogen-bond acceptors (Lipinski definition) is 5. The highest BCUT2D eigenvalue weighted by Crippen LogP contribution is 2.08. The molecule has 28 heavy (non-hydrogen) atoms. The van der Waals surface area contributed by atoms with Crippen LogP contribution in [0.25, 0.3) is 0 Å². The highest BCUT2D eigenvalue weighted by molar-refractivity contribution is 5.81. The summed E-state index contributed by atoms with van der Waals surface area (Å²) in [5.74, 6) is -1.60. The van der Waals surface area contributed by atoms with Crippen LogP contribution in [0.15, 0.2) is 60.7 Å². The predicted octanol–water partition coefficient (Wildman–Crippen LogP) is 3.28. The van der Waals surface area contributed by atoms with Crippen molar-refractivity contribution in [1.82, 2.24) is 5.32 Å². The van der Waals surface area contributed by atoms with Gasteiger partial charge in [-0.15, -0.1) is 0 Å². The molecule has 2 aromatic rings. The summed E-state index contributed by atoms with van der Waals surface area (Å²) in [7, 11) is 0. The fourth-order valence-corrected chi connectivity index (χ4v) is 2.44. The lowest BCUT2D eigenvalue weighted by Gasteiger charge is -2.17. The maximum atomic E-state index is 12.4. The lowest BCUT2D eigenvalue weighted by Crippen LogP contribution is -2.42. The first-order valence-electron chi connectivity index (χ1n) is 8.94. The number of rotatable bonds is 10. The Hall–Kier alpha value is -3.35. The summed E-state index contributed by atoms with van der Waals surface area (Å²) in [6.45, 7) is 0.128. The maximum Gasteiger partial charge on any atom is 0.408 e. The number of carboxylic acid groups (broad SMARTS) is 1. The molecule has 0 aliphatic rings. The lowest BCUT2D eigenvalue weighted by molar-refractivity contribution is -0.148. The molecule has 0 aliphatic heterocycles. The van der Waals surface area contributed by atoms with Crippen LogP contribution in [-0.2, 0) is 32.3 Å². The van der Waals surface area contributed by atoms with Gasteiger partial charge in [-0.05, 0) is 24.0 Å². The van der Waals surface area contributed by atoms with E-state index in [0.29, 0.717) is 0 Å². The zero-order valence-electron chi connectivity index (χ0n) is 15.4. The standard InChI is InChI=1S/C21H23NO6/c23-19(24)13-7-12-18(20(25)27-14-16-8-3-1-4-9-16)22-21(26)28-15-17-10-5-2-6-11-17/h1-6,8-11,18H,7,12-15H2,(H,22,26)(H,23,24). The molecule has 0 radical (unpaired) electrons. The quantitative estimate of drug-likeness (QED) is 0.609. The Balaban J connectivity index is 1.88. The second-order valence-corrected chi connectivity index (χ2v) is 6.14. The summed E-state index contributed by atoms with van der Waals surface area (Å²) in [5, 5.41) is 11.2. The van der Waals surface area contributed by atoms with E-state index >= 15 is 0 Å². The smallest absolute Gasteiger partial charge is 0.408 e. The molecular formula is C21H23NO6. The van der Waals surface area contributed by atoms with Crippen LogP contribution in [0.1, 0.15) is 30.4 Å². The van der Waals surface area contributed by atoms with Crippen molar-refractivity contribution in [3.63, 3.8) is 0 Å². The van der Waals surface area contributed by atoms with E-state index in [0.717, 1.165) is 11.1 Å². The van der Waals surface area contributed by atoms with Crippen LogP contribution < -0.4 is 5.32 Å². The normalized spacial score (nSPS) is 11.3. The zero-order chi connectivity index (χ0) is 20.2. The number of aliphatic carboxylic acids is 1. The molecule has 0 aliphatic carbocycles. The number of alkyl carbamates (subject to hydrolysis) is 1. The Morgan fingerprint density at radius 3 is 1.93 bits per heavy atom. The number of benzene rings is 2. The number of carbonyl (C=O) groups is 3. The molecule has 7 heteroatoms. The van der Waals surface area contributed by atoms with E-state index in [1.807, 2.05) is 60.7 Å². The maximum absolute atomic E-state index is 12.4. The van der Waals surface area contributed by atoms with E-state index in [2.05, 4.69) is 5.32 Å².